The molecule has 0 unspecified atom stereocenters. The molecule has 0 amide bonds. The minimum atomic E-state index is 0.598. The highest BCUT2D eigenvalue weighted by molar-refractivity contribution is 6.35. The van der Waals surface area contributed by atoms with Gasteiger partial charge in [-0.25, -0.2) is 14.6 Å². The molecule has 1 aromatic carbocycles. The Morgan fingerprint density at radius 1 is 1.14 bits per heavy atom. The lowest BCUT2D eigenvalue weighted by molar-refractivity contribution is 0.845. The van der Waals surface area contributed by atoms with Gasteiger partial charge in [0.05, 0.1) is 11.9 Å². The molecule has 7 heteroatoms. The largest absolute Gasteiger partial charge is 0.380 e. The van der Waals surface area contributed by atoms with E-state index in [4.69, 9.17) is 23.2 Å². The molecule has 5 nitrogen and oxygen atoms in total. The molecule has 0 atom stereocenters. The van der Waals surface area contributed by atoms with Gasteiger partial charge in [-0.15, -0.1) is 0 Å². The van der Waals surface area contributed by atoms with Crippen molar-refractivity contribution in [3.05, 3.63) is 64.8 Å². The van der Waals surface area contributed by atoms with Crippen LogP contribution < -0.4 is 5.32 Å². The number of hydrogen-bond acceptors (Lipinski definition) is 4. The molecule has 0 aliphatic heterocycles. The van der Waals surface area contributed by atoms with Crippen molar-refractivity contribution in [2.45, 2.75) is 6.54 Å². The average molecular weight is 320 g/mol. The number of hydrogen-bond donors (Lipinski definition) is 1. The number of nitrogens with one attached hydrogen (secondary N) is 1. The Bertz CT molecular complexity index is 726. The van der Waals surface area contributed by atoms with E-state index in [1.165, 1.54) is 6.33 Å². The van der Waals surface area contributed by atoms with Crippen LogP contribution in [0.5, 0.6) is 0 Å². The van der Waals surface area contributed by atoms with Gasteiger partial charge in [-0.3, -0.25) is 0 Å². The molecule has 0 bridgehead atoms. The van der Waals surface area contributed by atoms with Crippen LogP contribution in [0.2, 0.25) is 10.0 Å². The quantitative estimate of drug-likeness (QED) is 0.798. The van der Waals surface area contributed by atoms with E-state index in [0.29, 0.717) is 22.4 Å². The van der Waals surface area contributed by atoms with Gasteiger partial charge >= 0.3 is 0 Å². The number of pyridine rings is 1. The number of anilines is 1. The van der Waals surface area contributed by atoms with E-state index in [2.05, 4.69) is 20.4 Å². The molecule has 106 valence electrons. The molecule has 0 radical (unpaired) electrons. The Balaban J connectivity index is 1.68. The Kier molecular flexibility index (Phi) is 4.03. The minimum absolute atomic E-state index is 0.598. The predicted octanol–water partition coefficient (Wildman–Crippen LogP) is 3.58. The molecular weight excluding hydrogens is 309 g/mol. The van der Waals surface area contributed by atoms with Gasteiger partial charge in [0, 0.05) is 16.6 Å². The SMILES string of the molecule is Clc1ccc(CNc2ccc(-n3cncn3)nc2)c(Cl)c1. The Morgan fingerprint density at radius 3 is 2.71 bits per heavy atom. The van der Waals surface area contributed by atoms with Gasteiger partial charge in [0.25, 0.3) is 0 Å². The van der Waals surface area contributed by atoms with Crippen molar-refractivity contribution in [2.75, 3.05) is 5.32 Å². The van der Waals surface area contributed by atoms with Crippen LogP contribution in [0.25, 0.3) is 5.82 Å². The molecule has 3 rings (SSSR count). The summed E-state index contributed by atoms with van der Waals surface area (Å²) in [6.45, 7) is 0.598. The van der Waals surface area contributed by atoms with E-state index in [1.807, 2.05) is 24.3 Å². The first-order valence-corrected chi connectivity index (χ1v) is 6.97. The summed E-state index contributed by atoms with van der Waals surface area (Å²) >= 11 is 12.0. The molecule has 21 heavy (non-hydrogen) atoms. The van der Waals surface area contributed by atoms with E-state index in [9.17, 15) is 0 Å². The van der Waals surface area contributed by atoms with E-state index in [1.54, 1.807) is 23.3 Å². The maximum absolute atomic E-state index is 6.13. The van der Waals surface area contributed by atoms with Crippen molar-refractivity contribution in [3.63, 3.8) is 0 Å². The highest BCUT2D eigenvalue weighted by atomic mass is 35.5. The molecule has 0 fully saturated rings. The van der Waals surface area contributed by atoms with Crippen molar-refractivity contribution >= 4 is 28.9 Å². The number of halogens is 2. The maximum Gasteiger partial charge on any atom is 0.155 e. The van der Waals surface area contributed by atoms with Gasteiger partial charge in [-0.2, -0.15) is 5.10 Å². The van der Waals surface area contributed by atoms with Gasteiger partial charge in [0.2, 0.25) is 0 Å². The standard InChI is InChI=1S/C14H11Cl2N5/c15-11-2-1-10(13(16)5-11)6-18-12-3-4-14(19-7-12)21-9-17-8-20-21/h1-5,7-9,18H,6H2. The van der Waals surface area contributed by atoms with Crippen LogP contribution in [0.15, 0.2) is 49.2 Å². The zero-order chi connectivity index (χ0) is 14.7. The summed E-state index contributed by atoms with van der Waals surface area (Å²) in [4.78, 5) is 8.20. The second-order valence-corrected chi connectivity index (χ2v) is 5.18. The molecule has 3 aromatic rings. The number of benzene rings is 1. The van der Waals surface area contributed by atoms with Crippen LogP contribution in [0.1, 0.15) is 5.56 Å². The lowest BCUT2D eigenvalue weighted by atomic mass is 10.2. The Hall–Kier alpha value is -2.11. The van der Waals surface area contributed by atoms with E-state index in [-0.39, 0.29) is 0 Å². The third-order valence-corrected chi connectivity index (χ3v) is 3.49. The van der Waals surface area contributed by atoms with E-state index in [0.717, 1.165) is 11.3 Å². The van der Waals surface area contributed by atoms with Crippen molar-refractivity contribution in [1.82, 2.24) is 19.7 Å². The van der Waals surface area contributed by atoms with Crippen molar-refractivity contribution in [1.29, 1.82) is 0 Å². The van der Waals surface area contributed by atoms with Crippen molar-refractivity contribution < 1.29 is 0 Å². The first-order chi connectivity index (χ1) is 10.2. The van der Waals surface area contributed by atoms with Crippen molar-refractivity contribution in [3.8, 4) is 5.82 Å². The minimum Gasteiger partial charge on any atom is -0.380 e. The molecule has 0 aliphatic carbocycles. The molecule has 0 aliphatic rings. The highest BCUT2D eigenvalue weighted by Gasteiger charge is 2.02. The van der Waals surface area contributed by atoms with E-state index < -0.39 is 0 Å². The van der Waals surface area contributed by atoms with Gasteiger partial charge in [0.15, 0.2) is 5.82 Å². The second-order valence-electron chi connectivity index (χ2n) is 4.33. The van der Waals surface area contributed by atoms with Crippen LogP contribution in [-0.2, 0) is 6.54 Å². The lowest BCUT2D eigenvalue weighted by Gasteiger charge is -2.08. The van der Waals surface area contributed by atoms with Crippen LogP contribution >= 0.6 is 23.2 Å². The van der Waals surface area contributed by atoms with Gasteiger partial charge in [-0.1, -0.05) is 29.3 Å². The van der Waals surface area contributed by atoms with Crippen LogP contribution in [0, 0.1) is 0 Å². The van der Waals surface area contributed by atoms with Gasteiger partial charge < -0.3 is 5.32 Å². The predicted molar refractivity (Wildman–Crippen MR) is 82.9 cm³/mol. The summed E-state index contributed by atoms with van der Waals surface area (Å²) < 4.78 is 1.60. The zero-order valence-electron chi connectivity index (χ0n) is 10.9. The first kappa shape index (κ1) is 13.9. The summed E-state index contributed by atoms with van der Waals surface area (Å²) in [6.07, 6.45) is 4.81. The number of aromatic nitrogens is 4. The second kappa shape index (κ2) is 6.11. The fourth-order valence-electron chi connectivity index (χ4n) is 1.82. The fourth-order valence-corrected chi connectivity index (χ4v) is 2.29. The molecule has 0 spiro atoms. The Morgan fingerprint density at radius 2 is 2.05 bits per heavy atom. The topological polar surface area (TPSA) is 55.6 Å². The number of nitrogens with zero attached hydrogens (tertiary/aromatic N) is 4. The van der Waals surface area contributed by atoms with Crippen LogP contribution in [-0.4, -0.2) is 19.7 Å². The Labute approximate surface area is 131 Å². The summed E-state index contributed by atoms with van der Waals surface area (Å²) in [5.74, 6) is 0.711. The third-order valence-electron chi connectivity index (χ3n) is 2.90. The highest BCUT2D eigenvalue weighted by Crippen LogP contribution is 2.22. The number of rotatable bonds is 4. The lowest BCUT2D eigenvalue weighted by Crippen LogP contribution is -2.02. The monoisotopic (exact) mass is 319 g/mol. The molecule has 0 saturated heterocycles. The van der Waals surface area contributed by atoms with Gasteiger partial charge in [-0.05, 0) is 29.8 Å². The average Bonchev–Trinajstić information content (AvgIpc) is 3.01. The molecule has 1 N–H and O–H groups in total. The molecule has 0 saturated carbocycles. The maximum atomic E-state index is 6.13. The smallest absolute Gasteiger partial charge is 0.155 e. The van der Waals surface area contributed by atoms with Crippen molar-refractivity contribution in [2.24, 2.45) is 0 Å². The summed E-state index contributed by atoms with van der Waals surface area (Å²) in [6, 6.07) is 9.23. The van der Waals surface area contributed by atoms with Crippen LogP contribution in [0.4, 0.5) is 5.69 Å². The normalized spacial score (nSPS) is 10.6. The molecular formula is C14H11Cl2N5. The molecule has 2 aromatic heterocycles. The summed E-state index contributed by atoms with van der Waals surface area (Å²) in [5.41, 5.74) is 1.87. The first-order valence-electron chi connectivity index (χ1n) is 6.21. The van der Waals surface area contributed by atoms with Gasteiger partial charge in [0.1, 0.15) is 12.7 Å². The van der Waals surface area contributed by atoms with E-state index >= 15 is 0 Å². The summed E-state index contributed by atoms with van der Waals surface area (Å²) in [7, 11) is 0. The molecule has 2 heterocycles. The zero-order valence-corrected chi connectivity index (χ0v) is 12.4. The summed E-state index contributed by atoms with van der Waals surface area (Å²) in [5, 5.41) is 8.55. The third kappa shape index (κ3) is 3.32. The fraction of sp³-hybridized carbons (Fsp3) is 0.0714. The van der Waals surface area contributed by atoms with Crippen LogP contribution in [0.3, 0.4) is 0 Å².